The fourth-order valence-electron chi connectivity index (χ4n) is 1.04. The highest BCUT2D eigenvalue weighted by molar-refractivity contribution is 6.53. The molecule has 0 spiro atoms. The van der Waals surface area contributed by atoms with Crippen LogP contribution in [0.15, 0.2) is 4.99 Å². The summed E-state index contributed by atoms with van der Waals surface area (Å²) >= 11 is 0. The Hall–Kier alpha value is -0.563. The van der Waals surface area contributed by atoms with Crippen LogP contribution in [0.2, 0.25) is 0 Å². The molecule has 0 amide bonds. The Kier molecular flexibility index (Phi) is 9.31. The quantitative estimate of drug-likeness (QED) is 0.249. The van der Waals surface area contributed by atoms with E-state index in [0.717, 1.165) is 0 Å². The van der Waals surface area contributed by atoms with Gasteiger partial charge in [-0.3, -0.25) is 0 Å². The summed E-state index contributed by atoms with van der Waals surface area (Å²) in [5, 5.41) is 0. The summed E-state index contributed by atoms with van der Waals surface area (Å²) in [4.78, 5) is 13.3. The van der Waals surface area contributed by atoms with Gasteiger partial charge in [-0.05, 0) is 20.8 Å². The van der Waals surface area contributed by atoms with E-state index in [4.69, 9.17) is 17.7 Å². The van der Waals surface area contributed by atoms with Gasteiger partial charge in [0.25, 0.3) is 0 Å². The second-order valence-corrected chi connectivity index (χ2v) is 4.78. The number of hydrogen-bond acceptors (Lipinski definition) is 6. The fraction of sp³-hybridized carbons (Fsp3) is 0.889. The summed E-state index contributed by atoms with van der Waals surface area (Å²) < 4.78 is 21.7. The van der Waals surface area contributed by atoms with E-state index in [9.17, 15) is 4.79 Å². The van der Waals surface area contributed by atoms with Crippen LogP contribution in [0.1, 0.15) is 20.8 Å². The molecule has 0 aliphatic rings. The first-order chi connectivity index (χ1) is 7.74. The van der Waals surface area contributed by atoms with Gasteiger partial charge >= 0.3 is 9.05 Å². The molecule has 0 aliphatic carbocycles. The van der Waals surface area contributed by atoms with Gasteiger partial charge < -0.3 is 17.7 Å². The van der Waals surface area contributed by atoms with Crippen molar-refractivity contribution in [2.45, 2.75) is 20.8 Å². The maximum absolute atomic E-state index is 9.88. The van der Waals surface area contributed by atoms with Crippen LogP contribution in [0.5, 0.6) is 0 Å². The van der Waals surface area contributed by atoms with Gasteiger partial charge in [0.15, 0.2) is 0 Å². The molecule has 6 nitrogen and oxygen atoms in total. The number of isocyanates is 1. The first kappa shape index (κ1) is 15.4. The van der Waals surface area contributed by atoms with Crippen LogP contribution in [0, 0.1) is 0 Å². The van der Waals surface area contributed by atoms with Crippen molar-refractivity contribution in [3.05, 3.63) is 0 Å². The van der Waals surface area contributed by atoms with Gasteiger partial charge in [0.05, 0.1) is 13.2 Å². The van der Waals surface area contributed by atoms with Crippen LogP contribution < -0.4 is 0 Å². The standard InChI is InChI=1S/C9H19NO5Si/c1-4-12-16(13-5-2,14-6-3)15-8-7-10-9-11/h4-8H2,1-3H3. The number of carbonyl (C=O) groups excluding carboxylic acids is 1. The fourth-order valence-corrected chi connectivity index (χ4v) is 2.94. The average molecular weight is 249 g/mol. The Morgan fingerprint density at radius 2 is 1.50 bits per heavy atom. The SMILES string of the molecule is CCO[Si](OCC)(OCC)OCCN=C=O. The van der Waals surface area contributed by atoms with E-state index < -0.39 is 9.05 Å². The van der Waals surface area contributed by atoms with Crippen molar-refractivity contribution in [2.75, 3.05) is 33.0 Å². The molecule has 0 saturated heterocycles. The summed E-state index contributed by atoms with van der Waals surface area (Å²) in [5.41, 5.74) is 0. The third-order valence-electron chi connectivity index (χ3n) is 1.51. The lowest BCUT2D eigenvalue weighted by atomic mass is 10.7. The predicted molar refractivity (Wildman–Crippen MR) is 59.6 cm³/mol. The zero-order chi connectivity index (χ0) is 12.3. The molecule has 0 aromatic rings. The molecule has 0 atom stereocenters. The Morgan fingerprint density at radius 3 is 1.88 bits per heavy atom. The summed E-state index contributed by atoms with van der Waals surface area (Å²) in [6.45, 7) is 7.31. The van der Waals surface area contributed by atoms with Gasteiger partial charge in [0.1, 0.15) is 0 Å². The molecule has 16 heavy (non-hydrogen) atoms. The first-order valence-electron chi connectivity index (χ1n) is 5.34. The van der Waals surface area contributed by atoms with Crippen molar-refractivity contribution in [1.82, 2.24) is 0 Å². The third kappa shape index (κ3) is 6.11. The number of nitrogens with zero attached hydrogens (tertiary/aromatic N) is 1. The highest BCUT2D eigenvalue weighted by Gasteiger charge is 2.44. The van der Waals surface area contributed by atoms with Crippen LogP contribution in [0.25, 0.3) is 0 Å². The van der Waals surface area contributed by atoms with Crippen LogP contribution >= 0.6 is 0 Å². The normalized spacial score (nSPS) is 11.2. The molecular formula is C9H19NO5Si. The molecule has 0 aromatic carbocycles. The molecular weight excluding hydrogens is 230 g/mol. The van der Waals surface area contributed by atoms with E-state index >= 15 is 0 Å². The molecule has 0 fully saturated rings. The lowest BCUT2D eigenvalue weighted by molar-refractivity contribution is -0.0257. The highest BCUT2D eigenvalue weighted by Crippen LogP contribution is 2.11. The molecule has 94 valence electrons. The molecule has 0 aliphatic heterocycles. The Labute approximate surface area is 97.0 Å². The highest BCUT2D eigenvalue weighted by atomic mass is 28.4. The average Bonchev–Trinajstić information content (AvgIpc) is 2.26. The van der Waals surface area contributed by atoms with E-state index in [0.29, 0.717) is 19.8 Å². The van der Waals surface area contributed by atoms with Gasteiger partial charge in [-0.15, -0.1) is 0 Å². The van der Waals surface area contributed by atoms with Crippen LogP contribution in [0.4, 0.5) is 0 Å². The first-order valence-corrected chi connectivity index (χ1v) is 6.97. The van der Waals surface area contributed by atoms with Gasteiger partial charge in [-0.1, -0.05) is 0 Å². The van der Waals surface area contributed by atoms with Crippen molar-refractivity contribution < 1.29 is 22.5 Å². The molecule has 0 unspecified atom stereocenters. The predicted octanol–water partition coefficient (Wildman–Crippen LogP) is 0.884. The van der Waals surface area contributed by atoms with Crippen molar-refractivity contribution in [3.8, 4) is 0 Å². The Balaban J connectivity index is 4.27. The summed E-state index contributed by atoms with van der Waals surface area (Å²) in [7, 11) is -3.04. The molecule has 0 bridgehead atoms. The van der Waals surface area contributed by atoms with Crippen LogP contribution in [-0.2, 0) is 22.5 Å². The van der Waals surface area contributed by atoms with E-state index in [2.05, 4.69) is 4.99 Å². The van der Waals surface area contributed by atoms with Crippen molar-refractivity contribution in [2.24, 2.45) is 4.99 Å². The smallest absolute Gasteiger partial charge is 0.351 e. The van der Waals surface area contributed by atoms with Crippen molar-refractivity contribution in [1.29, 1.82) is 0 Å². The minimum atomic E-state index is -3.04. The lowest BCUT2D eigenvalue weighted by Gasteiger charge is -2.26. The van der Waals surface area contributed by atoms with E-state index in [1.165, 1.54) is 6.08 Å². The lowest BCUT2D eigenvalue weighted by Crippen LogP contribution is -2.49. The Bertz CT molecular complexity index is 203. The second kappa shape index (κ2) is 9.65. The van der Waals surface area contributed by atoms with Gasteiger partial charge in [0.2, 0.25) is 6.08 Å². The molecule has 7 heteroatoms. The van der Waals surface area contributed by atoms with E-state index in [-0.39, 0.29) is 13.2 Å². The third-order valence-corrected chi connectivity index (χ3v) is 3.99. The largest absolute Gasteiger partial charge is 0.679 e. The van der Waals surface area contributed by atoms with Gasteiger partial charge in [-0.25, -0.2) is 9.79 Å². The summed E-state index contributed by atoms with van der Waals surface area (Å²) in [6, 6.07) is 0. The Morgan fingerprint density at radius 1 is 1.00 bits per heavy atom. The second-order valence-electron chi connectivity index (χ2n) is 2.62. The number of aliphatic imine (C=N–C) groups is 1. The molecule has 0 radical (unpaired) electrons. The molecule has 0 N–H and O–H groups in total. The van der Waals surface area contributed by atoms with E-state index in [1.807, 2.05) is 20.8 Å². The summed E-state index contributed by atoms with van der Waals surface area (Å²) in [5.74, 6) is 0. The molecule has 0 rings (SSSR count). The minimum absolute atomic E-state index is 0.224. The topological polar surface area (TPSA) is 66.3 Å². The van der Waals surface area contributed by atoms with Crippen molar-refractivity contribution >= 4 is 15.1 Å². The van der Waals surface area contributed by atoms with Crippen LogP contribution in [-0.4, -0.2) is 48.1 Å². The maximum Gasteiger partial charge on any atom is 0.679 e. The minimum Gasteiger partial charge on any atom is -0.351 e. The zero-order valence-electron chi connectivity index (χ0n) is 10.0. The maximum atomic E-state index is 9.88. The monoisotopic (exact) mass is 249 g/mol. The number of rotatable bonds is 10. The van der Waals surface area contributed by atoms with Crippen LogP contribution in [0.3, 0.4) is 0 Å². The van der Waals surface area contributed by atoms with Crippen molar-refractivity contribution in [3.63, 3.8) is 0 Å². The molecule has 0 saturated carbocycles. The van der Waals surface area contributed by atoms with Gasteiger partial charge in [0, 0.05) is 19.8 Å². The van der Waals surface area contributed by atoms with Gasteiger partial charge in [-0.2, -0.15) is 0 Å². The number of hydrogen-bond donors (Lipinski definition) is 0. The molecule has 0 heterocycles. The summed E-state index contributed by atoms with van der Waals surface area (Å²) in [6.07, 6.45) is 1.44. The molecule has 0 aromatic heterocycles. The van der Waals surface area contributed by atoms with E-state index in [1.54, 1.807) is 0 Å². The zero-order valence-corrected chi connectivity index (χ0v) is 11.0.